The van der Waals surface area contributed by atoms with Crippen LogP contribution in [0, 0.1) is 6.92 Å². The third-order valence-electron chi connectivity index (χ3n) is 3.73. The van der Waals surface area contributed by atoms with E-state index < -0.39 is 0 Å². The van der Waals surface area contributed by atoms with Gasteiger partial charge in [-0.3, -0.25) is 4.79 Å². The third kappa shape index (κ3) is 2.01. The Morgan fingerprint density at radius 3 is 3.19 bits per heavy atom. The minimum Gasteiger partial charge on any atom is -0.351 e. The summed E-state index contributed by atoms with van der Waals surface area (Å²) in [5.74, 6) is 1.57. The van der Waals surface area contributed by atoms with Gasteiger partial charge in [0.15, 0.2) is 0 Å². The van der Waals surface area contributed by atoms with Gasteiger partial charge in [-0.2, -0.15) is 0 Å². The minimum absolute atomic E-state index is 0.0437. The summed E-state index contributed by atoms with van der Waals surface area (Å²) in [5, 5.41) is 3.06. The molecule has 3 aromatic rings. The van der Waals surface area contributed by atoms with Crippen LogP contribution in [-0.2, 0) is 13.0 Å². The first-order valence-electron chi connectivity index (χ1n) is 6.74. The first-order chi connectivity index (χ1) is 10.2. The molecule has 4 rings (SSSR count). The number of nitrogens with one attached hydrogen (secondary N) is 1. The number of H-pyrrole nitrogens is 1. The topological polar surface area (TPSA) is 74.8 Å². The van der Waals surface area contributed by atoms with Crippen LogP contribution in [-0.4, -0.2) is 26.5 Å². The van der Waals surface area contributed by atoms with Crippen LogP contribution in [0.1, 0.15) is 17.1 Å². The zero-order valence-electron chi connectivity index (χ0n) is 11.5. The van der Waals surface area contributed by atoms with Crippen LogP contribution in [0.15, 0.2) is 22.6 Å². The highest BCUT2D eigenvalue weighted by molar-refractivity contribution is 7.16. The first-order valence-corrected chi connectivity index (χ1v) is 7.62. The van der Waals surface area contributed by atoms with Crippen molar-refractivity contribution in [2.75, 3.05) is 11.4 Å². The van der Waals surface area contributed by atoms with Crippen molar-refractivity contribution >= 4 is 27.4 Å². The molecular formula is C14H13N5OS. The Balaban J connectivity index is 1.79. The Morgan fingerprint density at radius 2 is 2.29 bits per heavy atom. The molecule has 0 spiro atoms. The molecule has 7 heteroatoms. The molecule has 6 nitrogen and oxygen atoms in total. The Bertz CT molecular complexity index is 884. The van der Waals surface area contributed by atoms with Crippen molar-refractivity contribution in [2.45, 2.75) is 19.9 Å². The maximum atomic E-state index is 12.1. The second-order valence-electron chi connectivity index (χ2n) is 5.08. The number of fused-ring (bicyclic) bond motifs is 2. The molecule has 3 aromatic heterocycles. The number of rotatable bonds is 1. The molecule has 1 aliphatic heterocycles. The Labute approximate surface area is 124 Å². The molecule has 21 heavy (non-hydrogen) atoms. The van der Waals surface area contributed by atoms with Crippen molar-refractivity contribution in [3.05, 3.63) is 45.2 Å². The van der Waals surface area contributed by atoms with E-state index in [0.717, 1.165) is 40.3 Å². The summed E-state index contributed by atoms with van der Waals surface area (Å²) in [6.07, 6.45) is 2.34. The van der Waals surface area contributed by atoms with Crippen molar-refractivity contribution in [3.8, 4) is 0 Å². The molecule has 0 radical (unpaired) electrons. The van der Waals surface area contributed by atoms with Gasteiger partial charge in [0.25, 0.3) is 5.56 Å². The zero-order chi connectivity index (χ0) is 14.4. The highest BCUT2D eigenvalue weighted by atomic mass is 32.1. The maximum absolute atomic E-state index is 12.1. The number of thiophene rings is 1. The molecule has 0 fully saturated rings. The average molecular weight is 299 g/mol. The second-order valence-corrected chi connectivity index (χ2v) is 5.98. The fourth-order valence-electron chi connectivity index (χ4n) is 2.76. The SMILES string of the molecule is Cc1nc2c(c(=O)[nH]1)CN(c1ncnc3sccc13)CC2. The van der Waals surface area contributed by atoms with E-state index in [1.54, 1.807) is 17.7 Å². The summed E-state index contributed by atoms with van der Waals surface area (Å²) in [4.78, 5) is 31.1. The molecule has 1 N–H and O–H groups in total. The van der Waals surface area contributed by atoms with Crippen molar-refractivity contribution in [1.29, 1.82) is 0 Å². The lowest BCUT2D eigenvalue weighted by Gasteiger charge is -2.28. The predicted octanol–water partition coefficient (Wildman–Crippen LogP) is 1.65. The lowest BCUT2D eigenvalue weighted by Crippen LogP contribution is -2.36. The molecule has 106 valence electrons. The zero-order valence-corrected chi connectivity index (χ0v) is 12.3. The second kappa shape index (κ2) is 4.63. The van der Waals surface area contributed by atoms with Crippen LogP contribution in [0.5, 0.6) is 0 Å². The molecule has 0 saturated heterocycles. The lowest BCUT2D eigenvalue weighted by atomic mass is 10.1. The van der Waals surface area contributed by atoms with Gasteiger partial charge >= 0.3 is 0 Å². The normalized spacial score (nSPS) is 14.4. The summed E-state index contributed by atoms with van der Waals surface area (Å²) in [6.45, 7) is 3.16. The smallest absolute Gasteiger partial charge is 0.256 e. The average Bonchev–Trinajstić information content (AvgIpc) is 2.95. The number of anilines is 1. The van der Waals surface area contributed by atoms with Crippen LogP contribution in [0.3, 0.4) is 0 Å². The van der Waals surface area contributed by atoms with E-state index in [2.05, 4.69) is 24.8 Å². The van der Waals surface area contributed by atoms with E-state index in [-0.39, 0.29) is 5.56 Å². The van der Waals surface area contributed by atoms with Gasteiger partial charge in [-0.15, -0.1) is 11.3 Å². The monoisotopic (exact) mass is 299 g/mol. The summed E-state index contributed by atoms with van der Waals surface area (Å²) in [6, 6.07) is 2.03. The molecular weight excluding hydrogens is 286 g/mol. The number of hydrogen-bond donors (Lipinski definition) is 1. The fraction of sp³-hybridized carbons (Fsp3) is 0.286. The van der Waals surface area contributed by atoms with Crippen LogP contribution < -0.4 is 10.5 Å². The summed E-state index contributed by atoms with van der Waals surface area (Å²) < 4.78 is 0. The van der Waals surface area contributed by atoms with E-state index in [1.165, 1.54) is 0 Å². The highest BCUT2D eigenvalue weighted by Gasteiger charge is 2.23. The van der Waals surface area contributed by atoms with Crippen LogP contribution in [0.2, 0.25) is 0 Å². The maximum Gasteiger partial charge on any atom is 0.256 e. The molecule has 1 aliphatic rings. The standard InChI is InChI=1S/C14H13N5OS/c1-8-17-11-2-4-19(6-10(11)13(20)18-8)12-9-3-5-21-14(9)16-7-15-12/h3,5,7H,2,4,6H2,1H3,(H,17,18,20). The number of aryl methyl sites for hydroxylation is 1. The van der Waals surface area contributed by atoms with Gasteiger partial charge in [-0.25, -0.2) is 15.0 Å². The first kappa shape index (κ1) is 12.5. The van der Waals surface area contributed by atoms with Gasteiger partial charge in [0.1, 0.15) is 22.8 Å². The van der Waals surface area contributed by atoms with Gasteiger partial charge in [0, 0.05) is 13.0 Å². The lowest BCUT2D eigenvalue weighted by molar-refractivity contribution is 0.685. The molecule has 0 amide bonds. The van der Waals surface area contributed by atoms with E-state index in [0.29, 0.717) is 12.4 Å². The van der Waals surface area contributed by atoms with Crippen molar-refractivity contribution < 1.29 is 0 Å². The molecule has 0 aromatic carbocycles. The van der Waals surface area contributed by atoms with Crippen molar-refractivity contribution in [2.24, 2.45) is 0 Å². The van der Waals surface area contributed by atoms with Crippen molar-refractivity contribution in [3.63, 3.8) is 0 Å². The van der Waals surface area contributed by atoms with Crippen molar-refractivity contribution in [1.82, 2.24) is 19.9 Å². The van der Waals surface area contributed by atoms with E-state index in [1.807, 2.05) is 18.4 Å². The molecule has 0 bridgehead atoms. The molecule has 4 heterocycles. The Kier molecular flexibility index (Phi) is 2.75. The van der Waals surface area contributed by atoms with Gasteiger partial charge in [0.05, 0.1) is 23.2 Å². The Hall–Kier alpha value is -2.28. The largest absolute Gasteiger partial charge is 0.351 e. The molecule has 0 unspecified atom stereocenters. The van der Waals surface area contributed by atoms with Gasteiger partial charge in [0.2, 0.25) is 0 Å². The summed E-state index contributed by atoms with van der Waals surface area (Å²) >= 11 is 1.60. The Morgan fingerprint density at radius 1 is 1.38 bits per heavy atom. The number of hydrogen-bond acceptors (Lipinski definition) is 6. The number of aromatic nitrogens is 4. The van der Waals surface area contributed by atoms with E-state index in [4.69, 9.17) is 0 Å². The highest BCUT2D eigenvalue weighted by Crippen LogP contribution is 2.29. The minimum atomic E-state index is -0.0437. The third-order valence-corrected chi connectivity index (χ3v) is 4.55. The van der Waals surface area contributed by atoms with Crippen LogP contribution in [0.25, 0.3) is 10.2 Å². The van der Waals surface area contributed by atoms with Crippen LogP contribution >= 0.6 is 11.3 Å². The summed E-state index contributed by atoms with van der Waals surface area (Å²) in [7, 11) is 0. The predicted molar refractivity (Wildman–Crippen MR) is 81.8 cm³/mol. The molecule has 0 saturated carbocycles. The molecule has 0 atom stereocenters. The van der Waals surface area contributed by atoms with E-state index in [9.17, 15) is 4.79 Å². The van der Waals surface area contributed by atoms with Gasteiger partial charge in [-0.1, -0.05) is 0 Å². The van der Waals surface area contributed by atoms with Gasteiger partial charge < -0.3 is 9.88 Å². The van der Waals surface area contributed by atoms with E-state index >= 15 is 0 Å². The van der Waals surface area contributed by atoms with Gasteiger partial charge in [-0.05, 0) is 18.4 Å². The van der Waals surface area contributed by atoms with Crippen LogP contribution in [0.4, 0.5) is 5.82 Å². The summed E-state index contributed by atoms with van der Waals surface area (Å²) in [5.41, 5.74) is 1.61. The number of nitrogens with zero attached hydrogens (tertiary/aromatic N) is 4. The number of aromatic amines is 1. The molecule has 0 aliphatic carbocycles. The fourth-order valence-corrected chi connectivity index (χ4v) is 3.49. The quantitative estimate of drug-likeness (QED) is 0.739.